The highest BCUT2D eigenvalue weighted by Crippen LogP contribution is 2.40. The first-order valence-electron chi connectivity index (χ1n) is 13.3. The molecule has 1 aliphatic heterocycles. The Kier molecular flexibility index (Phi) is 8.56. The van der Waals surface area contributed by atoms with Crippen LogP contribution in [0.3, 0.4) is 0 Å². The van der Waals surface area contributed by atoms with Crippen molar-refractivity contribution in [3.8, 4) is 11.5 Å². The van der Waals surface area contributed by atoms with Crippen LogP contribution in [0.5, 0.6) is 11.5 Å². The highest BCUT2D eigenvalue weighted by Gasteiger charge is 2.35. The first-order valence-corrected chi connectivity index (χ1v) is 14.6. The molecule has 5 rings (SSSR count). The number of carbonyl (C=O) groups excluding carboxylic acids is 1. The lowest BCUT2D eigenvalue weighted by Crippen LogP contribution is -2.31. The minimum Gasteiger partial charge on any atom is -0.493 e. The lowest BCUT2D eigenvalue weighted by molar-refractivity contribution is -0.113. The van der Waals surface area contributed by atoms with E-state index in [-0.39, 0.29) is 12.0 Å². The van der Waals surface area contributed by atoms with E-state index in [1.165, 1.54) is 11.8 Å². The van der Waals surface area contributed by atoms with Crippen LogP contribution in [0, 0.1) is 6.92 Å². The topological polar surface area (TPSA) is 90.3 Å². The molecule has 1 atom stereocenters. The van der Waals surface area contributed by atoms with Crippen molar-refractivity contribution < 1.29 is 14.3 Å². The Balaban J connectivity index is 1.54. The Morgan fingerprint density at radius 3 is 2.63 bits per heavy atom. The number of benzene rings is 3. The monoisotopic (exact) mass is 589 g/mol. The first-order chi connectivity index (χ1) is 19.7. The van der Waals surface area contributed by atoms with Crippen molar-refractivity contribution in [2.75, 3.05) is 17.7 Å². The number of ether oxygens (including phenoxy) is 2. The molecule has 0 saturated carbocycles. The fraction of sp³-hybridized carbons (Fsp3) is 0.258. The second-order valence-electron chi connectivity index (χ2n) is 10.0. The number of aromatic nitrogens is 3. The molecule has 1 amide bonds. The molecule has 2 N–H and O–H groups in total. The standard InChI is InChI=1S/C31H32ClN5O3S/c1-18(2)40-25-14-13-21(16-26(25)39-5)28-27(29(38)34-23-11-8-9-19(3)15-23)20(4)33-30-35-31(36-37(28)30)41-17-22-10-6-7-12-24(22)32/h6-16,18,28H,17H2,1-5H3,(H,34,38)(H,33,35,36). The molecule has 4 aromatic rings. The molecule has 0 fully saturated rings. The first kappa shape index (κ1) is 28.6. The summed E-state index contributed by atoms with van der Waals surface area (Å²) in [4.78, 5) is 18.6. The van der Waals surface area contributed by atoms with Gasteiger partial charge in [0, 0.05) is 22.2 Å². The van der Waals surface area contributed by atoms with Crippen LogP contribution in [-0.4, -0.2) is 33.9 Å². The summed E-state index contributed by atoms with van der Waals surface area (Å²) < 4.78 is 13.4. The van der Waals surface area contributed by atoms with Gasteiger partial charge in [-0.2, -0.15) is 4.98 Å². The van der Waals surface area contributed by atoms with Gasteiger partial charge in [0.05, 0.1) is 18.8 Å². The number of thioether (sulfide) groups is 1. The number of aryl methyl sites for hydroxylation is 1. The maximum Gasteiger partial charge on any atom is 0.255 e. The zero-order valence-corrected chi connectivity index (χ0v) is 25.1. The van der Waals surface area contributed by atoms with Gasteiger partial charge in [-0.25, -0.2) is 4.68 Å². The van der Waals surface area contributed by atoms with E-state index in [1.807, 2.05) is 94.4 Å². The van der Waals surface area contributed by atoms with Gasteiger partial charge in [-0.1, -0.05) is 59.8 Å². The quantitative estimate of drug-likeness (QED) is 0.199. The summed E-state index contributed by atoms with van der Waals surface area (Å²) in [6, 6.07) is 20.5. The Morgan fingerprint density at radius 2 is 1.90 bits per heavy atom. The average Bonchev–Trinajstić information content (AvgIpc) is 3.34. The third-order valence-electron chi connectivity index (χ3n) is 6.53. The number of nitrogens with zero attached hydrogens (tertiary/aromatic N) is 3. The number of nitrogens with one attached hydrogen (secondary N) is 2. The summed E-state index contributed by atoms with van der Waals surface area (Å²) in [5.74, 6) is 2.11. The number of hydrogen-bond donors (Lipinski definition) is 2. The number of amides is 1. The molecule has 212 valence electrons. The third kappa shape index (κ3) is 6.36. The molecule has 1 unspecified atom stereocenters. The summed E-state index contributed by atoms with van der Waals surface area (Å²) >= 11 is 7.85. The summed E-state index contributed by atoms with van der Waals surface area (Å²) in [7, 11) is 1.60. The van der Waals surface area contributed by atoms with Crippen LogP contribution in [0.1, 0.15) is 43.5 Å². The van der Waals surface area contributed by atoms with Gasteiger partial charge < -0.3 is 20.1 Å². The molecule has 2 heterocycles. The second-order valence-corrected chi connectivity index (χ2v) is 11.4. The summed E-state index contributed by atoms with van der Waals surface area (Å²) in [6.07, 6.45) is -0.0222. The Labute approximate surface area is 249 Å². The molecule has 10 heteroatoms. The van der Waals surface area contributed by atoms with Crippen molar-refractivity contribution in [2.45, 2.75) is 50.8 Å². The summed E-state index contributed by atoms with van der Waals surface area (Å²) in [5, 5.41) is 12.5. The van der Waals surface area contributed by atoms with Gasteiger partial charge in [0.1, 0.15) is 6.04 Å². The molecule has 3 aromatic carbocycles. The normalized spacial score (nSPS) is 14.5. The van der Waals surface area contributed by atoms with Crippen LogP contribution in [-0.2, 0) is 10.5 Å². The van der Waals surface area contributed by atoms with Gasteiger partial charge in [0.25, 0.3) is 5.91 Å². The summed E-state index contributed by atoms with van der Waals surface area (Å²) in [6.45, 7) is 7.79. The van der Waals surface area contributed by atoms with E-state index in [0.717, 1.165) is 16.7 Å². The van der Waals surface area contributed by atoms with Gasteiger partial charge >= 0.3 is 0 Å². The second kappa shape index (κ2) is 12.3. The minimum atomic E-state index is -0.569. The van der Waals surface area contributed by atoms with Gasteiger partial charge in [-0.3, -0.25) is 4.79 Å². The van der Waals surface area contributed by atoms with Gasteiger partial charge in [0.2, 0.25) is 11.1 Å². The maximum absolute atomic E-state index is 13.9. The lowest BCUT2D eigenvalue weighted by atomic mass is 9.94. The Bertz CT molecular complexity index is 1620. The molecule has 0 bridgehead atoms. The third-order valence-corrected chi connectivity index (χ3v) is 7.79. The number of methoxy groups -OCH3 is 1. The van der Waals surface area contributed by atoms with Crippen molar-refractivity contribution in [3.63, 3.8) is 0 Å². The van der Waals surface area contributed by atoms with Crippen molar-refractivity contribution in [1.82, 2.24) is 14.8 Å². The van der Waals surface area contributed by atoms with E-state index in [9.17, 15) is 4.79 Å². The molecule has 8 nitrogen and oxygen atoms in total. The van der Waals surface area contributed by atoms with Gasteiger partial charge in [-0.05, 0) is 74.7 Å². The Morgan fingerprint density at radius 1 is 1.10 bits per heavy atom. The van der Waals surface area contributed by atoms with Crippen LogP contribution in [0.2, 0.25) is 5.02 Å². The predicted molar refractivity (Wildman–Crippen MR) is 164 cm³/mol. The molecular weight excluding hydrogens is 558 g/mol. The van der Waals surface area contributed by atoms with E-state index in [2.05, 4.69) is 10.6 Å². The number of hydrogen-bond acceptors (Lipinski definition) is 7. The molecule has 0 spiro atoms. The highest BCUT2D eigenvalue weighted by atomic mass is 35.5. The number of fused-ring (bicyclic) bond motifs is 1. The molecule has 0 aliphatic carbocycles. The van der Waals surface area contributed by atoms with E-state index >= 15 is 0 Å². The molecule has 0 radical (unpaired) electrons. The van der Waals surface area contributed by atoms with Gasteiger partial charge in [0.15, 0.2) is 11.5 Å². The Hall–Kier alpha value is -3.95. The fourth-order valence-electron chi connectivity index (χ4n) is 4.68. The fourth-order valence-corrected chi connectivity index (χ4v) is 5.79. The van der Waals surface area contributed by atoms with Crippen molar-refractivity contribution in [2.24, 2.45) is 0 Å². The predicted octanol–water partition coefficient (Wildman–Crippen LogP) is 7.26. The molecule has 41 heavy (non-hydrogen) atoms. The smallest absolute Gasteiger partial charge is 0.255 e. The van der Waals surface area contributed by atoms with Crippen LogP contribution in [0.25, 0.3) is 0 Å². The van der Waals surface area contributed by atoms with Crippen molar-refractivity contribution in [1.29, 1.82) is 0 Å². The van der Waals surface area contributed by atoms with Gasteiger partial charge in [-0.15, -0.1) is 5.10 Å². The number of rotatable bonds is 9. The number of anilines is 2. The van der Waals surface area contributed by atoms with E-state index < -0.39 is 6.04 Å². The highest BCUT2D eigenvalue weighted by molar-refractivity contribution is 7.98. The molecule has 0 saturated heterocycles. The van der Waals surface area contributed by atoms with Crippen LogP contribution >= 0.6 is 23.4 Å². The van der Waals surface area contributed by atoms with E-state index in [0.29, 0.717) is 50.3 Å². The average molecular weight is 590 g/mol. The number of carbonyl (C=O) groups is 1. The van der Waals surface area contributed by atoms with Crippen LogP contribution in [0.15, 0.2) is 83.2 Å². The van der Waals surface area contributed by atoms with Crippen molar-refractivity contribution in [3.05, 3.63) is 99.7 Å². The van der Waals surface area contributed by atoms with Crippen LogP contribution in [0.4, 0.5) is 11.6 Å². The maximum atomic E-state index is 13.9. The number of allylic oxidation sites excluding steroid dienone is 1. The molecule has 1 aromatic heterocycles. The van der Waals surface area contributed by atoms with Crippen molar-refractivity contribution >= 4 is 40.9 Å². The van der Waals surface area contributed by atoms with E-state index in [4.69, 9.17) is 31.2 Å². The summed E-state index contributed by atoms with van der Waals surface area (Å²) in [5.41, 5.74) is 4.77. The largest absolute Gasteiger partial charge is 0.493 e. The lowest BCUT2D eigenvalue weighted by Gasteiger charge is -2.29. The SMILES string of the molecule is COc1cc(C2C(C(=O)Nc3cccc(C)c3)=C(C)Nc3nc(SCc4ccccc4Cl)nn32)ccc1OC(C)C. The van der Waals surface area contributed by atoms with E-state index in [1.54, 1.807) is 11.8 Å². The van der Waals surface area contributed by atoms with Crippen LogP contribution < -0.4 is 20.1 Å². The number of halogens is 1. The zero-order valence-electron chi connectivity index (χ0n) is 23.6. The minimum absolute atomic E-state index is 0.0222. The molecule has 1 aliphatic rings. The molecular formula is C31H32ClN5O3S. The zero-order chi connectivity index (χ0) is 29.1.